The highest BCUT2D eigenvalue weighted by molar-refractivity contribution is 7.98. The average molecular weight is 436 g/mol. The van der Waals surface area contributed by atoms with Gasteiger partial charge in [-0.3, -0.25) is 5.43 Å². The third-order valence-corrected chi connectivity index (χ3v) is 9.58. The fourth-order valence-electron chi connectivity index (χ4n) is 3.90. The van der Waals surface area contributed by atoms with Gasteiger partial charge in [-0.15, -0.1) is 0 Å². The van der Waals surface area contributed by atoms with Crippen molar-refractivity contribution in [1.29, 1.82) is 0 Å². The van der Waals surface area contributed by atoms with Gasteiger partial charge in [-0.1, -0.05) is 84.9 Å². The van der Waals surface area contributed by atoms with Crippen molar-refractivity contribution in [3.63, 3.8) is 0 Å². The van der Waals surface area contributed by atoms with Gasteiger partial charge >= 0.3 is 0 Å². The van der Waals surface area contributed by atoms with E-state index < -0.39 is 7.26 Å². The summed E-state index contributed by atoms with van der Waals surface area (Å²) < 4.78 is 0. The van der Waals surface area contributed by atoms with Crippen LogP contribution in [0, 0.1) is 0 Å². The standard InChI is InChI=1S/C29H28N2P/c1-24(30-31-25(2)26-15-7-3-8-16-26)23-32(27-17-9-4-10-18-27,28-19-11-5-12-20-28)29-21-13-6-14-22-29/h3-23,30H,1-2H3/q+1. The van der Waals surface area contributed by atoms with Crippen LogP contribution in [0.5, 0.6) is 0 Å². The van der Waals surface area contributed by atoms with Crippen LogP contribution >= 0.6 is 7.26 Å². The molecule has 1 N–H and O–H groups in total. The fraction of sp³-hybridized carbons (Fsp3) is 0.0690. The molecule has 0 aliphatic heterocycles. The van der Waals surface area contributed by atoms with E-state index in [-0.39, 0.29) is 0 Å². The van der Waals surface area contributed by atoms with Crippen molar-refractivity contribution in [1.82, 2.24) is 5.43 Å². The number of benzene rings is 4. The Morgan fingerprint density at radius 3 is 1.38 bits per heavy atom. The molecule has 0 amide bonds. The number of nitrogens with zero attached hydrogens (tertiary/aromatic N) is 1. The molecule has 3 heteroatoms. The molecule has 0 saturated carbocycles. The zero-order valence-electron chi connectivity index (χ0n) is 18.5. The van der Waals surface area contributed by atoms with E-state index in [1.54, 1.807) is 0 Å². The zero-order valence-corrected chi connectivity index (χ0v) is 19.4. The summed E-state index contributed by atoms with van der Waals surface area (Å²) in [6.45, 7) is 4.13. The van der Waals surface area contributed by atoms with Crippen molar-refractivity contribution in [2.45, 2.75) is 13.8 Å². The van der Waals surface area contributed by atoms with E-state index in [9.17, 15) is 0 Å². The van der Waals surface area contributed by atoms with Gasteiger partial charge in [0.25, 0.3) is 0 Å². The maximum Gasteiger partial charge on any atom is 0.138 e. The Labute approximate surface area is 191 Å². The lowest BCUT2D eigenvalue weighted by Gasteiger charge is -2.24. The number of allylic oxidation sites excluding steroid dienone is 1. The third kappa shape index (κ3) is 4.72. The number of hydrazone groups is 1. The smallest absolute Gasteiger partial charge is 0.138 e. The van der Waals surface area contributed by atoms with Crippen LogP contribution in [0.4, 0.5) is 0 Å². The van der Waals surface area contributed by atoms with Crippen molar-refractivity contribution >= 4 is 28.9 Å². The van der Waals surface area contributed by atoms with E-state index in [0.717, 1.165) is 17.0 Å². The van der Waals surface area contributed by atoms with E-state index in [1.807, 2.05) is 25.1 Å². The van der Waals surface area contributed by atoms with Gasteiger partial charge in [0.15, 0.2) is 0 Å². The number of rotatable bonds is 7. The summed E-state index contributed by atoms with van der Waals surface area (Å²) in [4.78, 5) is 0. The summed E-state index contributed by atoms with van der Waals surface area (Å²) in [5, 5.41) is 8.64. The molecule has 0 fully saturated rings. The van der Waals surface area contributed by atoms with Gasteiger partial charge in [-0.2, -0.15) is 5.10 Å². The summed E-state index contributed by atoms with van der Waals surface area (Å²) >= 11 is 0. The largest absolute Gasteiger partial charge is 0.279 e. The first kappa shape index (κ1) is 21.7. The Balaban J connectivity index is 1.84. The zero-order chi connectivity index (χ0) is 22.2. The molecule has 0 spiro atoms. The molecule has 0 bridgehead atoms. The molecule has 0 unspecified atom stereocenters. The molecule has 32 heavy (non-hydrogen) atoms. The number of hydrogen-bond acceptors (Lipinski definition) is 2. The third-order valence-electron chi connectivity index (χ3n) is 5.47. The Morgan fingerprint density at radius 2 is 0.969 bits per heavy atom. The van der Waals surface area contributed by atoms with Crippen molar-refractivity contribution in [3.05, 3.63) is 138 Å². The summed E-state index contributed by atoms with van der Waals surface area (Å²) in [6, 6.07) is 42.7. The molecule has 2 nitrogen and oxygen atoms in total. The normalized spacial score (nSPS) is 12.4. The summed E-state index contributed by atoms with van der Waals surface area (Å²) in [6.07, 6.45) is 0. The minimum Gasteiger partial charge on any atom is -0.279 e. The maximum atomic E-state index is 4.68. The Kier molecular flexibility index (Phi) is 6.94. The molecule has 0 aliphatic rings. The molecule has 4 aromatic rings. The molecule has 0 saturated heterocycles. The average Bonchev–Trinajstić information content (AvgIpc) is 2.88. The monoisotopic (exact) mass is 435 g/mol. The van der Waals surface area contributed by atoms with Crippen molar-refractivity contribution in [2.75, 3.05) is 0 Å². The van der Waals surface area contributed by atoms with Gasteiger partial charge in [0.1, 0.15) is 23.2 Å². The van der Waals surface area contributed by atoms with Crippen LogP contribution < -0.4 is 21.3 Å². The van der Waals surface area contributed by atoms with Crippen LogP contribution in [0.1, 0.15) is 19.4 Å². The molecular weight excluding hydrogens is 407 g/mol. The van der Waals surface area contributed by atoms with E-state index in [0.29, 0.717) is 0 Å². The first-order chi connectivity index (χ1) is 15.7. The fourth-order valence-corrected chi connectivity index (χ4v) is 7.80. The Hall–Kier alpha value is -3.48. The maximum absolute atomic E-state index is 4.68. The molecule has 0 atom stereocenters. The topological polar surface area (TPSA) is 24.4 Å². The van der Waals surface area contributed by atoms with E-state index in [4.69, 9.17) is 0 Å². The Morgan fingerprint density at radius 1 is 0.594 bits per heavy atom. The molecular formula is C29H28N2P+. The summed E-state index contributed by atoms with van der Waals surface area (Å²) in [5.41, 5.74) is 6.43. The summed E-state index contributed by atoms with van der Waals surface area (Å²) in [7, 11) is -2.04. The lowest BCUT2D eigenvalue weighted by Crippen LogP contribution is -2.30. The highest BCUT2D eigenvalue weighted by Crippen LogP contribution is 2.57. The van der Waals surface area contributed by atoms with E-state index in [1.165, 1.54) is 15.9 Å². The molecule has 4 rings (SSSR count). The number of hydrogen-bond donors (Lipinski definition) is 1. The summed E-state index contributed by atoms with van der Waals surface area (Å²) in [5.74, 6) is 2.40. The van der Waals surface area contributed by atoms with Crippen LogP contribution in [-0.2, 0) is 0 Å². The van der Waals surface area contributed by atoms with E-state index >= 15 is 0 Å². The minimum atomic E-state index is -2.04. The van der Waals surface area contributed by atoms with Crippen LogP contribution in [0.25, 0.3) is 0 Å². The van der Waals surface area contributed by atoms with Crippen LogP contribution in [0.3, 0.4) is 0 Å². The molecule has 158 valence electrons. The van der Waals surface area contributed by atoms with Gasteiger partial charge in [0.2, 0.25) is 0 Å². The van der Waals surface area contributed by atoms with Crippen LogP contribution in [0.2, 0.25) is 0 Å². The lowest BCUT2D eigenvalue weighted by molar-refractivity contribution is 0.889. The first-order valence-corrected chi connectivity index (χ1v) is 12.7. The first-order valence-electron chi connectivity index (χ1n) is 10.8. The highest BCUT2D eigenvalue weighted by atomic mass is 31.2. The van der Waals surface area contributed by atoms with Gasteiger partial charge in [0.05, 0.1) is 17.2 Å². The van der Waals surface area contributed by atoms with Crippen molar-refractivity contribution in [3.8, 4) is 0 Å². The molecule has 4 aromatic carbocycles. The SMILES string of the molecule is CC(=C[P+](c1ccccc1)(c1ccccc1)c1ccccc1)NN=C(C)c1ccccc1. The predicted octanol–water partition coefficient (Wildman–Crippen LogP) is 5.86. The molecule has 0 heterocycles. The van der Waals surface area contributed by atoms with E-state index in [2.05, 4.69) is 126 Å². The second-order valence-corrected chi connectivity index (χ2v) is 11.0. The Bertz CT molecular complexity index is 1090. The second kappa shape index (κ2) is 10.2. The van der Waals surface area contributed by atoms with Gasteiger partial charge in [-0.05, 0) is 55.8 Å². The molecule has 0 aliphatic carbocycles. The highest BCUT2D eigenvalue weighted by Gasteiger charge is 2.43. The lowest BCUT2D eigenvalue weighted by atomic mass is 10.1. The van der Waals surface area contributed by atoms with Gasteiger partial charge in [0, 0.05) is 0 Å². The second-order valence-electron chi connectivity index (χ2n) is 7.72. The van der Waals surface area contributed by atoms with Crippen molar-refractivity contribution in [2.24, 2.45) is 5.10 Å². The number of nitrogens with one attached hydrogen (secondary N) is 1. The van der Waals surface area contributed by atoms with Gasteiger partial charge in [-0.25, -0.2) is 0 Å². The van der Waals surface area contributed by atoms with Crippen LogP contribution in [-0.4, -0.2) is 5.71 Å². The van der Waals surface area contributed by atoms with Crippen LogP contribution in [0.15, 0.2) is 138 Å². The quantitative estimate of drug-likeness (QED) is 0.220. The molecule has 0 aromatic heterocycles. The molecule has 0 radical (unpaired) electrons. The van der Waals surface area contributed by atoms with Crippen molar-refractivity contribution < 1.29 is 0 Å². The minimum absolute atomic E-state index is 0.960. The van der Waals surface area contributed by atoms with Gasteiger partial charge < -0.3 is 0 Å². The predicted molar refractivity (Wildman–Crippen MR) is 141 cm³/mol.